The van der Waals surface area contributed by atoms with Crippen molar-refractivity contribution in [3.05, 3.63) is 52.9 Å². The number of rotatable bonds is 4. The van der Waals surface area contributed by atoms with Crippen LogP contribution in [0.15, 0.2) is 36.7 Å². The second kappa shape index (κ2) is 9.24. The highest BCUT2D eigenvalue weighted by molar-refractivity contribution is 6.30. The molecule has 2 bridgehead atoms. The molecule has 2 fully saturated rings. The van der Waals surface area contributed by atoms with Gasteiger partial charge in [-0.2, -0.15) is 0 Å². The minimum Gasteiger partial charge on any atom is -0.473 e. The summed E-state index contributed by atoms with van der Waals surface area (Å²) in [5, 5.41) is 0.400. The van der Waals surface area contributed by atoms with Gasteiger partial charge in [0.25, 0.3) is 0 Å². The highest BCUT2D eigenvalue weighted by Crippen LogP contribution is 2.35. The predicted molar refractivity (Wildman–Crippen MR) is 123 cm³/mol. The minimum absolute atomic E-state index is 0.0506. The summed E-state index contributed by atoms with van der Waals surface area (Å²) in [6, 6.07) is 10.5. The third kappa shape index (κ3) is 5.33. The molecule has 2 atom stereocenters. The number of halogens is 1. The zero-order valence-corrected chi connectivity index (χ0v) is 19.9. The zero-order valence-electron chi connectivity index (χ0n) is 19.1. The fourth-order valence-electron chi connectivity index (χ4n) is 4.59. The van der Waals surface area contributed by atoms with Gasteiger partial charge in [0.1, 0.15) is 23.2 Å². The van der Waals surface area contributed by atoms with Crippen LogP contribution in [-0.4, -0.2) is 63.7 Å². The van der Waals surface area contributed by atoms with Gasteiger partial charge in [-0.3, -0.25) is 4.90 Å². The third-order valence-electron chi connectivity index (χ3n) is 5.95. The first-order chi connectivity index (χ1) is 15.2. The molecule has 4 rings (SSSR count). The molecule has 32 heavy (non-hydrogen) atoms. The van der Waals surface area contributed by atoms with E-state index in [2.05, 4.69) is 39.1 Å². The van der Waals surface area contributed by atoms with Gasteiger partial charge in [-0.25, -0.2) is 14.8 Å². The van der Waals surface area contributed by atoms with Crippen molar-refractivity contribution in [3.8, 4) is 5.88 Å². The quantitative estimate of drug-likeness (QED) is 0.640. The lowest BCUT2D eigenvalue weighted by molar-refractivity contribution is -0.0722. The molecule has 0 spiro atoms. The summed E-state index contributed by atoms with van der Waals surface area (Å²) in [5.74, 6) is 0.783. The maximum atomic E-state index is 12.8. The topological polar surface area (TPSA) is 67.8 Å². The molecule has 172 valence electrons. The summed E-state index contributed by atoms with van der Waals surface area (Å²) in [6.07, 6.45) is 1.12. The molecule has 1 aromatic heterocycles. The number of carbonyl (C=O) groups excluding carboxylic acids is 1. The van der Waals surface area contributed by atoms with Crippen LogP contribution in [-0.2, 0) is 11.3 Å². The van der Waals surface area contributed by atoms with Gasteiger partial charge in [-0.1, -0.05) is 41.9 Å². The molecular weight excluding hydrogens is 428 g/mol. The van der Waals surface area contributed by atoms with Crippen LogP contribution in [0.2, 0.25) is 5.15 Å². The van der Waals surface area contributed by atoms with Crippen LogP contribution in [0, 0.1) is 18.8 Å². The Hall–Kier alpha value is -2.38. The van der Waals surface area contributed by atoms with Crippen molar-refractivity contribution in [2.24, 2.45) is 11.8 Å². The Morgan fingerprint density at radius 2 is 1.75 bits per heavy atom. The van der Waals surface area contributed by atoms with E-state index in [4.69, 9.17) is 21.1 Å². The Morgan fingerprint density at radius 3 is 2.38 bits per heavy atom. The lowest BCUT2D eigenvalue weighted by Gasteiger charge is -2.50. The molecule has 7 nitrogen and oxygen atoms in total. The number of hydrogen-bond acceptors (Lipinski definition) is 6. The molecule has 0 N–H and O–H groups in total. The lowest BCUT2D eigenvalue weighted by Crippen LogP contribution is -2.62. The van der Waals surface area contributed by atoms with Crippen molar-refractivity contribution < 1.29 is 14.3 Å². The first kappa shape index (κ1) is 22.8. The molecule has 2 unspecified atom stereocenters. The van der Waals surface area contributed by atoms with Gasteiger partial charge in [0.2, 0.25) is 5.88 Å². The third-order valence-corrected chi connectivity index (χ3v) is 6.33. The van der Waals surface area contributed by atoms with Crippen molar-refractivity contribution in [1.82, 2.24) is 19.8 Å². The Balaban J connectivity index is 1.53. The Labute approximate surface area is 194 Å². The molecular formula is C24H31ClN4O3. The van der Waals surface area contributed by atoms with Gasteiger partial charge in [0, 0.05) is 50.1 Å². The van der Waals surface area contributed by atoms with Crippen LogP contribution in [0.25, 0.3) is 0 Å². The number of likely N-dealkylation sites (tertiary alicyclic amines) is 2. The molecule has 0 radical (unpaired) electrons. The number of carbonyl (C=O) groups is 1. The maximum Gasteiger partial charge on any atom is 0.410 e. The number of hydrogen-bond donors (Lipinski definition) is 0. The Morgan fingerprint density at radius 1 is 1.09 bits per heavy atom. The molecule has 2 aliphatic heterocycles. The van der Waals surface area contributed by atoms with E-state index in [9.17, 15) is 4.79 Å². The number of fused-ring (bicyclic) bond motifs is 2. The Bertz CT molecular complexity index is 934. The van der Waals surface area contributed by atoms with E-state index in [0.717, 1.165) is 25.2 Å². The molecule has 2 aromatic rings. The van der Waals surface area contributed by atoms with Gasteiger partial charge in [0.15, 0.2) is 0 Å². The highest BCUT2D eigenvalue weighted by Gasteiger charge is 2.46. The zero-order chi connectivity index (χ0) is 22.9. The van der Waals surface area contributed by atoms with Crippen molar-refractivity contribution in [3.63, 3.8) is 0 Å². The van der Waals surface area contributed by atoms with Gasteiger partial charge in [-0.15, -0.1) is 0 Å². The van der Waals surface area contributed by atoms with E-state index >= 15 is 0 Å². The summed E-state index contributed by atoms with van der Waals surface area (Å²) in [4.78, 5) is 25.4. The first-order valence-electron chi connectivity index (χ1n) is 11.1. The lowest BCUT2D eigenvalue weighted by atomic mass is 9.81. The number of aromatic nitrogens is 2. The molecule has 2 aliphatic rings. The van der Waals surface area contributed by atoms with Gasteiger partial charge < -0.3 is 14.4 Å². The summed E-state index contributed by atoms with van der Waals surface area (Å²) < 4.78 is 12.1. The van der Waals surface area contributed by atoms with Gasteiger partial charge in [-0.05, 0) is 33.3 Å². The van der Waals surface area contributed by atoms with Crippen LogP contribution < -0.4 is 4.74 Å². The predicted octanol–water partition coefficient (Wildman–Crippen LogP) is 4.18. The van der Waals surface area contributed by atoms with E-state index in [1.807, 2.05) is 38.7 Å². The number of piperidine rings is 2. The summed E-state index contributed by atoms with van der Waals surface area (Å²) in [5.41, 5.74) is 1.50. The molecule has 3 heterocycles. The minimum atomic E-state index is -0.520. The molecule has 0 saturated carbocycles. The van der Waals surface area contributed by atoms with E-state index in [1.165, 1.54) is 11.9 Å². The first-order valence-corrected chi connectivity index (χ1v) is 11.5. The van der Waals surface area contributed by atoms with Crippen molar-refractivity contribution in [1.29, 1.82) is 0 Å². The normalized spacial score (nSPS) is 23.7. The SMILES string of the molecule is Cc1c(Cl)ncnc1OC1C2CN(Cc3ccccc3)CC1CN(C(=O)OC(C)(C)C)C2. The van der Waals surface area contributed by atoms with Crippen LogP contribution in [0.5, 0.6) is 5.88 Å². The average Bonchev–Trinajstić information content (AvgIpc) is 2.71. The standard InChI is InChI=1S/C24H31ClN4O3/c1-16-21(25)26-15-27-22(16)31-20-18-11-28(10-17-8-6-5-7-9-17)12-19(20)14-29(13-18)23(30)32-24(2,3)4/h5-9,15,18-20H,10-14H2,1-4H3. The van der Waals surface area contributed by atoms with Crippen LogP contribution in [0.4, 0.5) is 4.79 Å². The van der Waals surface area contributed by atoms with Crippen molar-refractivity contribution in [2.45, 2.75) is 45.9 Å². The van der Waals surface area contributed by atoms with Crippen molar-refractivity contribution in [2.75, 3.05) is 26.2 Å². The molecule has 2 saturated heterocycles. The maximum absolute atomic E-state index is 12.8. The van der Waals surface area contributed by atoms with E-state index in [0.29, 0.717) is 24.1 Å². The average molecular weight is 459 g/mol. The number of amides is 1. The fraction of sp³-hybridized carbons (Fsp3) is 0.542. The van der Waals surface area contributed by atoms with E-state index in [1.54, 1.807) is 0 Å². The van der Waals surface area contributed by atoms with Gasteiger partial charge in [0.05, 0.1) is 0 Å². The van der Waals surface area contributed by atoms with Crippen LogP contribution >= 0.6 is 11.6 Å². The highest BCUT2D eigenvalue weighted by atomic mass is 35.5. The summed E-state index contributed by atoms with van der Waals surface area (Å²) in [7, 11) is 0. The number of ether oxygens (including phenoxy) is 2. The summed E-state index contributed by atoms with van der Waals surface area (Å²) >= 11 is 6.18. The molecule has 1 amide bonds. The number of benzene rings is 1. The number of nitrogens with zero attached hydrogens (tertiary/aromatic N) is 4. The van der Waals surface area contributed by atoms with Crippen LogP contribution in [0.1, 0.15) is 31.9 Å². The van der Waals surface area contributed by atoms with Gasteiger partial charge >= 0.3 is 6.09 Å². The van der Waals surface area contributed by atoms with E-state index in [-0.39, 0.29) is 24.0 Å². The largest absolute Gasteiger partial charge is 0.473 e. The monoisotopic (exact) mass is 458 g/mol. The Kier molecular flexibility index (Phi) is 6.58. The molecule has 0 aliphatic carbocycles. The van der Waals surface area contributed by atoms with Crippen molar-refractivity contribution >= 4 is 17.7 Å². The van der Waals surface area contributed by atoms with E-state index < -0.39 is 5.60 Å². The smallest absolute Gasteiger partial charge is 0.410 e. The molecule has 1 aromatic carbocycles. The molecule has 8 heteroatoms. The second-order valence-corrected chi connectivity index (χ2v) is 10.1. The summed E-state index contributed by atoms with van der Waals surface area (Å²) in [6.45, 7) is 11.2. The fourth-order valence-corrected chi connectivity index (χ4v) is 4.72. The second-order valence-electron chi connectivity index (χ2n) is 9.76. The van der Waals surface area contributed by atoms with Crippen LogP contribution in [0.3, 0.4) is 0 Å².